The molecule has 0 fully saturated rings. The van der Waals surface area contributed by atoms with Gasteiger partial charge in [0, 0.05) is 12.1 Å². The first-order valence-corrected chi connectivity index (χ1v) is 9.46. The molecule has 9 nitrogen and oxygen atoms in total. The van der Waals surface area contributed by atoms with Gasteiger partial charge in [-0.1, -0.05) is 29.4 Å². The van der Waals surface area contributed by atoms with E-state index in [2.05, 4.69) is 14.7 Å². The average molecular weight is 459 g/mol. The predicted molar refractivity (Wildman–Crippen MR) is 105 cm³/mol. The molecule has 0 radical (unpaired) electrons. The lowest BCUT2D eigenvalue weighted by Crippen LogP contribution is -2.46. The van der Waals surface area contributed by atoms with Gasteiger partial charge in [0.1, 0.15) is 11.2 Å². The molecular weight excluding hydrogens is 435 g/mol. The Morgan fingerprint density at radius 3 is 2.12 bits per heavy atom. The topological polar surface area (TPSA) is 115 Å². The molecule has 0 atom stereocenters. The van der Waals surface area contributed by atoms with Crippen LogP contribution in [0.4, 0.5) is 22.8 Å². The van der Waals surface area contributed by atoms with Crippen LogP contribution in [-0.2, 0) is 22.2 Å². The molecule has 32 heavy (non-hydrogen) atoms. The van der Waals surface area contributed by atoms with E-state index >= 15 is 0 Å². The van der Waals surface area contributed by atoms with Crippen molar-refractivity contribution in [2.24, 2.45) is 0 Å². The van der Waals surface area contributed by atoms with E-state index in [0.717, 1.165) is 0 Å². The fourth-order valence-electron chi connectivity index (χ4n) is 2.68. The van der Waals surface area contributed by atoms with Crippen molar-refractivity contribution >= 4 is 12.2 Å². The van der Waals surface area contributed by atoms with Crippen LogP contribution in [0.5, 0.6) is 0 Å². The Balaban J connectivity index is 2.21. The Morgan fingerprint density at radius 2 is 1.66 bits per heavy atom. The number of amides is 1. The second kappa shape index (κ2) is 9.05. The highest BCUT2D eigenvalue weighted by Gasteiger charge is 2.38. The number of rotatable bonds is 6. The van der Waals surface area contributed by atoms with E-state index in [1.165, 1.54) is 30.9 Å². The smallest absolute Gasteiger partial charge is 0.450 e. The molecule has 1 aromatic carbocycles. The van der Waals surface area contributed by atoms with Crippen molar-refractivity contribution in [1.29, 1.82) is 0 Å². The highest BCUT2D eigenvalue weighted by atomic mass is 19.4. The summed E-state index contributed by atoms with van der Waals surface area (Å²) in [5.74, 6) is -1.68. The minimum atomic E-state index is -4.75. The standard InChI is InChI=1S/C20H24F3N3O6/c1-18(2,3)30-16(27)26(11-19(4,5)31-17(28)29)10-12-6-8-13(9-7-12)14-24-15(32-25-14)20(21,22)23/h6-9H,10-11H2,1-5H3,(H,28,29). The maximum Gasteiger partial charge on any atom is 0.506 e. The van der Waals surface area contributed by atoms with Gasteiger partial charge >= 0.3 is 24.3 Å². The van der Waals surface area contributed by atoms with Crippen molar-refractivity contribution in [2.45, 2.75) is 58.5 Å². The summed E-state index contributed by atoms with van der Waals surface area (Å²) in [6.45, 7) is 8.02. The third-order valence-corrected chi connectivity index (χ3v) is 3.84. The number of halogens is 3. The van der Waals surface area contributed by atoms with E-state index in [0.29, 0.717) is 5.56 Å². The summed E-state index contributed by atoms with van der Waals surface area (Å²) in [5.41, 5.74) is -1.12. The van der Waals surface area contributed by atoms with Crippen LogP contribution in [0.3, 0.4) is 0 Å². The molecule has 0 saturated heterocycles. The summed E-state index contributed by atoms with van der Waals surface area (Å²) < 4.78 is 52.4. The van der Waals surface area contributed by atoms with Crippen LogP contribution in [0.15, 0.2) is 28.8 Å². The molecule has 0 saturated carbocycles. The lowest BCUT2D eigenvalue weighted by molar-refractivity contribution is -0.159. The Kier molecular flexibility index (Phi) is 7.06. The number of alkyl halides is 3. The van der Waals surface area contributed by atoms with E-state index in [1.54, 1.807) is 32.9 Å². The second-order valence-corrected chi connectivity index (χ2v) is 8.58. The first kappa shape index (κ1) is 25.0. The average Bonchev–Trinajstić information content (AvgIpc) is 3.09. The molecule has 176 valence electrons. The molecular formula is C20H24F3N3O6. The third-order valence-electron chi connectivity index (χ3n) is 3.84. The molecule has 0 aliphatic heterocycles. The van der Waals surface area contributed by atoms with Gasteiger partial charge in [-0.05, 0) is 40.2 Å². The fourth-order valence-corrected chi connectivity index (χ4v) is 2.68. The van der Waals surface area contributed by atoms with Crippen LogP contribution in [-0.4, -0.2) is 50.1 Å². The largest absolute Gasteiger partial charge is 0.506 e. The number of benzene rings is 1. The zero-order valence-corrected chi connectivity index (χ0v) is 18.2. The van der Waals surface area contributed by atoms with Crippen molar-refractivity contribution in [3.05, 3.63) is 35.7 Å². The van der Waals surface area contributed by atoms with Crippen LogP contribution < -0.4 is 0 Å². The molecule has 2 aromatic rings. The number of nitrogens with zero attached hydrogens (tertiary/aromatic N) is 3. The first-order chi connectivity index (χ1) is 14.6. The van der Waals surface area contributed by atoms with Gasteiger partial charge in [-0.25, -0.2) is 9.59 Å². The van der Waals surface area contributed by atoms with Gasteiger partial charge in [0.25, 0.3) is 0 Å². The summed E-state index contributed by atoms with van der Waals surface area (Å²) in [4.78, 5) is 28.2. The third kappa shape index (κ3) is 7.43. The Labute approximate surface area is 182 Å². The maximum absolute atomic E-state index is 12.7. The number of ether oxygens (including phenoxy) is 2. The van der Waals surface area contributed by atoms with Crippen LogP contribution in [0.2, 0.25) is 0 Å². The fraction of sp³-hybridized carbons (Fsp3) is 0.500. The Morgan fingerprint density at radius 1 is 1.06 bits per heavy atom. The van der Waals surface area contributed by atoms with Gasteiger partial charge in [0.05, 0.1) is 6.54 Å². The van der Waals surface area contributed by atoms with Crippen molar-refractivity contribution in [2.75, 3.05) is 6.54 Å². The molecule has 1 aromatic heterocycles. The second-order valence-electron chi connectivity index (χ2n) is 8.58. The maximum atomic E-state index is 12.7. The summed E-state index contributed by atoms with van der Waals surface area (Å²) in [5, 5.41) is 12.2. The minimum absolute atomic E-state index is 0.0294. The number of carbonyl (C=O) groups excluding carboxylic acids is 1. The number of aromatic nitrogens is 2. The number of carboxylic acid groups (broad SMARTS) is 1. The number of carbonyl (C=O) groups is 2. The van der Waals surface area contributed by atoms with Crippen LogP contribution >= 0.6 is 0 Å². The molecule has 12 heteroatoms. The Hall–Kier alpha value is -3.31. The van der Waals surface area contributed by atoms with Crippen LogP contribution in [0.1, 0.15) is 46.1 Å². The lowest BCUT2D eigenvalue weighted by atomic mass is 10.1. The molecule has 1 heterocycles. The van der Waals surface area contributed by atoms with Crippen molar-refractivity contribution in [3.8, 4) is 11.4 Å². The van der Waals surface area contributed by atoms with Crippen LogP contribution in [0, 0.1) is 0 Å². The molecule has 2 rings (SSSR count). The molecule has 0 unspecified atom stereocenters. The molecule has 1 N–H and O–H groups in total. The first-order valence-electron chi connectivity index (χ1n) is 9.46. The SMILES string of the molecule is CC(C)(C)OC(=O)N(Cc1ccc(-c2noc(C(F)(F)F)n2)cc1)CC(C)(C)OC(=O)O. The van der Waals surface area contributed by atoms with Crippen LogP contribution in [0.25, 0.3) is 11.4 Å². The molecule has 0 bridgehead atoms. The van der Waals surface area contributed by atoms with Crippen molar-refractivity contribution < 1.29 is 41.9 Å². The van der Waals surface area contributed by atoms with Gasteiger partial charge in [-0.2, -0.15) is 18.2 Å². The minimum Gasteiger partial charge on any atom is -0.450 e. The highest BCUT2D eigenvalue weighted by molar-refractivity contribution is 5.68. The summed E-state index contributed by atoms with van der Waals surface area (Å²) in [7, 11) is 0. The van der Waals surface area contributed by atoms with Crippen molar-refractivity contribution in [3.63, 3.8) is 0 Å². The van der Waals surface area contributed by atoms with E-state index < -0.39 is 35.5 Å². The van der Waals surface area contributed by atoms with Gasteiger partial charge < -0.3 is 19.1 Å². The molecule has 0 aliphatic carbocycles. The van der Waals surface area contributed by atoms with Gasteiger partial charge in [-0.15, -0.1) is 0 Å². The molecule has 1 amide bonds. The van der Waals surface area contributed by atoms with Gasteiger partial charge in [0.2, 0.25) is 5.82 Å². The number of hydrogen-bond donors (Lipinski definition) is 1. The molecule has 0 spiro atoms. The van der Waals surface area contributed by atoms with E-state index in [4.69, 9.17) is 14.6 Å². The molecule has 0 aliphatic rings. The van der Waals surface area contributed by atoms with E-state index in [9.17, 15) is 22.8 Å². The zero-order chi connectivity index (χ0) is 24.3. The van der Waals surface area contributed by atoms with Crippen molar-refractivity contribution in [1.82, 2.24) is 15.0 Å². The summed E-state index contributed by atoms with van der Waals surface area (Å²) >= 11 is 0. The monoisotopic (exact) mass is 459 g/mol. The summed E-state index contributed by atoms with van der Waals surface area (Å²) in [6.07, 6.45) is -6.91. The Bertz CT molecular complexity index is 949. The summed E-state index contributed by atoms with van der Waals surface area (Å²) in [6, 6.07) is 6.10. The normalized spacial score (nSPS) is 12.4. The van der Waals surface area contributed by atoms with Gasteiger partial charge in [-0.3, -0.25) is 4.90 Å². The quantitative estimate of drug-likeness (QED) is 0.603. The van der Waals surface area contributed by atoms with Gasteiger partial charge in [0.15, 0.2) is 0 Å². The van der Waals surface area contributed by atoms with E-state index in [1.807, 2.05) is 0 Å². The lowest BCUT2D eigenvalue weighted by Gasteiger charge is -2.33. The zero-order valence-electron chi connectivity index (χ0n) is 18.2. The highest BCUT2D eigenvalue weighted by Crippen LogP contribution is 2.29. The van der Waals surface area contributed by atoms with E-state index in [-0.39, 0.29) is 24.5 Å². The predicted octanol–water partition coefficient (Wildman–Crippen LogP) is 4.97. The number of hydrogen-bond acceptors (Lipinski definition) is 7.